The number of ether oxygens (including phenoxy) is 1. The third kappa shape index (κ3) is 3.12. The van der Waals surface area contributed by atoms with E-state index in [1.807, 2.05) is 25.1 Å². The van der Waals surface area contributed by atoms with Crippen molar-refractivity contribution in [2.45, 2.75) is 25.9 Å². The van der Waals surface area contributed by atoms with Crippen LogP contribution in [0.4, 0.5) is 0 Å². The van der Waals surface area contributed by atoms with Gasteiger partial charge in [-0.3, -0.25) is 0 Å². The molecule has 3 heteroatoms. The first kappa shape index (κ1) is 13.1. The zero-order chi connectivity index (χ0) is 13.0. The maximum absolute atomic E-state index is 10.2. The van der Waals surface area contributed by atoms with E-state index < -0.39 is 6.10 Å². The fourth-order valence-corrected chi connectivity index (χ4v) is 2.65. The Morgan fingerprint density at radius 1 is 1.33 bits per heavy atom. The molecule has 2 aromatic rings. The van der Waals surface area contributed by atoms with E-state index in [4.69, 9.17) is 4.74 Å². The van der Waals surface area contributed by atoms with Crippen molar-refractivity contribution >= 4 is 11.3 Å². The van der Waals surface area contributed by atoms with Crippen molar-refractivity contribution in [2.24, 2.45) is 0 Å². The molecule has 2 rings (SSSR count). The number of hydrogen-bond acceptors (Lipinski definition) is 3. The van der Waals surface area contributed by atoms with Gasteiger partial charge < -0.3 is 9.84 Å². The summed E-state index contributed by atoms with van der Waals surface area (Å²) in [7, 11) is 1.66. The minimum atomic E-state index is -0.431. The number of hydrogen-bond donors (Lipinski definition) is 1. The van der Waals surface area contributed by atoms with E-state index in [9.17, 15) is 5.11 Å². The van der Waals surface area contributed by atoms with E-state index in [0.29, 0.717) is 0 Å². The lowest BCUT2D eigenvalue weighted by Crippen LogP contribution is -2.00. The van der Waals surface area contributed by atoms with Crippen molar-refractivity contribution in [3.05, 3.63) is 51.7 Å². The Morgan fingerprint density at radius 2 is 2.17 bits per heavy atom. The molecule has 0 amide bonds. The molecule has 1 aromatic carbocycles. The van der Waals surface area contributed by atoms with Crippen molar-refractivity contribution < 1.29 is 9.84 Å². The molecule has 0 spiro atoms. The van der Waals surface area contributed by atoms with Gasteiger partial charge in [-0.05, 0) is 59.3 Å². The van der Waals surface area contributed by atoms with Gasteiger partial charge in [0.15, 0.2) is 0 Å². The number of rotatable bonds is 5. The van der Waals surface area contributed by atoms with E-state index in [0.717, 1.165) is 29.7 Å². The Labute approximate surface area is 112 Å². The molecule has 0 fully saturated rings. The summed E-state index contributed by atoms with van der Waals surface area (Å²) in [6.07, 6.45) is 1.21. The number of benzene rings is 1. The highest BCUT2D eigenvalue weighted by Gasteiger charge is 2.10. The van der Waals surface area contributed by atoms with Crippen molar-refractivity contribution in [1.29, 1.82) is 0 Å². The number of aryl methyl sites for hydroxylation is 2. The standard InChI is InChI=1S/C15H18O2S/c1-11-3-5-13(9-15(11)17-2)14(16)6-4-12-7-8-18-10-12/h3,5,7-10,14,16H,4,6H2,1-2H3. The van der Waals surface area contributed by atoms with Gasteiger partial charge in [0.25, 0.3) is 0 Å². The van der Waals surface area contributed by atoms with E-state index in [-0.39, 0.29) is 0 Å². The Morgan fingerprint density at radius 3 is 2.83 bits per heavy atom. The summed E-state index contributed by atoms with van der Waals surface area (Å²) < 4.78 is 5.28. The van der Waals surface area contributed by atoms with Crippen LogP contribution in [-0.4, -0.2) is 12.2 Å². The highest BCUT2D eigenvalue weighted by Crippen LogP contribution is 2.26. The Kier molecular flexibility index (Phi) is 4.39. The second-order valence-corrected chi connectivity index (χ2v) is 5.20. The molecule has 18 heavy (non-hydrogen) atoms. The van der Waals surface area contributed by atoms with E-state index >= 15 is 0 Å². The summed E-state index contributed by atoms with van der Waals surface area (Å²) >= 11 is 1.69. The largest absolute Gasteiger partial charge is 0.496 e. The molecule has 1 aromatic heterocycles. The van der Waals surface area contributed by atoms with Crippen molar-refractivity contribution in [3.63, 3.8) is 0 Å². The van der Waals surface area contributed by atoms with Gasteiger partial charge >= 0.3 is 0 Å². The van der Waals surface area contributed by atoms with Gasteiger partial charge in [0.05, 0.1) is 13.2 Å². The maximum atomic E-state index is 10.2. The average Bonchev–Trinajstić information content (AvgIpc) is 2.89. The van der Waals surface area contributed by atoms with Crippen LogP contribution in [0.15, 0.2) is 35.0 Å². The molecule has 1 atom stereocenters. The van der Waals surface area contributed by atoms with Crippen molar-refractivity contribution in [1.82, 2.24) is 0 Å². The third-order valence-corrected chi connectivity index (χ3v) is 3.84. The van der Waals surface area contributed by atoms with Crippen LogP contribution < -0.4 is 4.74 Å². The summed E-state index contributed by atoms with van der Waals surface area (Å²) in [5.41, 5.74) is 3.30. The van der Waals surface area contributed by atoms with Gasteiger partial charge in [-0.25, -0.2) is 0 Å². The molecule has 0 radical (unpaired) electrons. The van der Waals surface area contributed by atoms with Crippen molar-refractivity contribution in [3.8, 4) is 5.75 Å². The van der Waals surface area contributed by atoms with Crippen LogP contribution in [0.25, 0.3) is 0 Å². The van der Waals surface area contributed by atoms with Crippen LogP contribution >= 0.6 is 11.3 Å². The zero-order valence-corrected chi connectivity index (χ0v) is 11.5. The quantitative estimate of drug-likeness (QED) is 0.889. The fourth-order valence-electron chi connectivity index (χ4n) is 1.95. The van der Waals surface area contributed by atoms with E-state index in [2.05, 4.69) is 16.8 Å². The summed E-state index contributed by atoms with van der Waals surface area (Å²) in [4.78, 5) is 0. The molecule has 1 heterocycles. The molecule has 96 valence electrons. The van der Waals surface area contributed by atoms with Gasteiger partial charge in [-0.2, -0.15) is 11.3 Å². The Balaban J connectivity index is 2.02. The predicted molar refractivity (Wildman–Crippen MR) is 75.3 cm³/mol. The van der Waals surface area contributed by atoms with E-state index in [1.54, 1.807) is 18.4 Å². The van der Waals surface area contributed by atoms with Crippen LogP contribution in [0.3, 0.4) is 0 Å². The number of thiophene rings is 1. The molecule has 1 N–H and O–H groups in total. The van der Waals surface area contributed by atoms with Crippen molar-refractivity contribution in [2.75, 3.05) is 7.11 Å². The van der Waals surface area contributed by atoms with Gasteiger partial charge in [0, 0.05) is 0 Å². The maximum Gasteiger partial charge on any atom is 0.122 e. The zero-order valence-electron chi connectivity index (χ0n) is 10.7. The Bertz CT molecular complexity index is 491. The number of aliphatic hydroxyl groups is 1. The molecule has 0 aliphatic rings. The second kappa shape index (κ2) is 6.03. The summed E-state index contributed by atoms with van der Waals surface area (Å²) in [6.45, 7) is 2.00. The van der Waals surface area contributed by atoms with Crippen LogP contribution in [0.2, 0.25) is 0 Å². The van der Waals surface area contributed by atoms with E-state index in [1.165, 1.54) is 5.56 Å². The summed E-state index contributed by atoms with van der Waals surface area (Å²) in [5, 5.41) is 14.4. The number of methoxy groups -OCH3 is 1. The number of aliphatic hydroxyl groups excluding tert-OH is 1. The normalized spacial score (nSPS) is 12.4. The molecule has 0 aliphatic carbocycles. The smallest absolute Gasteiger partial charge is 0.122 e. The predicted octanol–water partition coefficient (Wildman–Crippen LogP) is 3.73. The molecule has 0 aliphatic heterocycles. The highest BCUT2D eigenvalue weighted by atomic mass is 32.1. The minimum absolute atomic E-state index is 0.431. The minimum Gasteiger partial charge on any atom is -0.496 e. The van der Waals surface area contributed by atoms with Gasteiger partial charge in [0.2, 0.25) is 0 Å². The Hall–Kier alpha value is -1.32. The molecule has 0 saturated heterocycles. The van der Waals surface area contributed by atoms with Crippen LogP contribution in [0, 0.1) is 6.92 Å². The first-order valence-electron chi connectivity index (χ1n) is 6.04. The molecular weight excluding hydrogens is 244 g/mol. The van der Waals surface area contributed by atoms with Crippen LogP contribution in [0.1, 0.15) is 29.2 Å². The average molecular weight is 262 g/mol. The monoisotopic (exact) mass is 262 g/mol. The van der Waals surface area contributed by atoms with Gasteiger partial charge in [0.1, 0.15) is 5.75 Å². The molecule has 0 bridgehead atoms. The fraction of sp³-hybridized carbons (Fsp3) is 0.333. The van der Waals surface area contributed by atoms with Gasteiger partial charge in [-0.15, -0.1) is 0 Å². The first-order valence-corrected chi connectivity index (χ1v) is 6.98. The van der Waals surface area contributed by atoms with Crippen LogP contribution in [-0.2, 0) is 6.42 Å². The first-order chi connectivity index (χ1) is 8.70. The summed E-state index contributed by atoms with van der Waals surface area (Å²) in [6, 6.07) is 7.98. The molecule has 0 saturated carbocycles. The third-order valence-electron chi connectivity index (χ3n) is 3.10. The molecule has 1 unspecified atom stereocenters. The lowest BCUT2D eigenvalue weighted by molar-refractivity contribution is 0.167. The second-order valence-electron chi connectivity index (χ2n) is 4.42. The topological polar surface area (TPSA) is 29.5 Å². The molecular formula is C15H18O2S. The highest BCUT2D eigenvalue weighted by molar-refractivity contribution is 7.07. The molecule has 2 nitrogen and oxygen atoms in total. The lowest BCUT2D eigenvalue weighted by atomic mass is 10.0. The van der Waals surface area contributed by atoms with Gasteiger partial charge in [-0.1, -0.05) is 12.1 Å². The van der Waals surface area contributed by atoms with Crippen LogP contribution in [0.5, 0.6) is 5.75 Å². The SMILES string of the molecule is COc1cc(C(O)CCc2ccsc2)ccc1C. The lowest BCUT2D eigenvalue weighted by Gasteiger charge is -2.13. The summed E-state index contributed by atoms with van der Waals surface area (Å²) in [5.74, 6) is 0.835.